The van der Waals surface area contributed by atoms with E-state index in [1.807, 2.05) is 12.1 Å². The quantitative estimate of drug-likeness (QED) is 0.576. The van der Waals surface area contributed by atoms with Crippen LogP contribution in [0.15, 0.2) is 48.5 Å². The fourth-order valence-electron chi connectivity index (χ4n) is 2.36. The zero-order chi connectivity index (χ0) is 14.8. The number of benzene rings is 2. The van der Waals surface area contributed by atoms with Crippen molar-refractivity contribution in [3.05, 3.63) is 54.1 Å². The Labute approximate surface area is 121 Å². The van der Waals surface area contributed by atoms with Crippen LogP contribution in [0.1, 0.15) is 10.4 Å². The van der Waals surface area contributed by atoms with Crippen molar-refractivity contribution >= 4 is 28.9 Å². The second-order valence-corrected chi connectivity index (χ2v) is 4.65. The van der Waals surface area contributed by atoms with Crippen molar-refractivity contribution in [1.82, 2.24) is 0 Å². The molecule has 2 amide bonds. The van der Waals surface area contributed by atoms with Crippen molar-refractivity contribution in [3.63, 3.8) is 0 Å². The van der Waals surface area contributed by atoms with Crippen LogP contribution >= 0.6 is 0 Å². The third-order valence-electron chi connectivity index (χ3n) is 3.33. The molecule has 21 heavy (non-hydrogen) atoms. The van der Waals surface area contributed by atoms with Crippen LogP contribution in [0.25, 0.3) is 0 Å². The summed E-state index contributed by atoms with van der Waals surface area (Å²) in [6.07, 6.45) is 0. The number of rotatable bonds is 2. The summed E-state index contributed by atoms with van der Waals surface area (Å²) in [6.45, 7) is -0.0191. The fourth-order valence-corrected chi connectivity index (χ4v) is 2.36. The number of hydrogen-bond donors (Lipinski definition) is 3. The number of nitrogen functional groups attached to an aromatic ring is 1. The first-order chi connectivity index (χ1) is 10.2. The first kappa shape index (κ1) is 13.1. The van der Waals surface area contributed by atoms with Crippen LogP contribution in [0.3, 0.4) is 0 Å². The Morgan fingerprint density at radius 3 is 2.67 bits per heavy atom. The normalized spacial score (nSPS) is 13.4. The molecule has 1 aliphatic rings. The molecule has 1 heterocycles. The molecule has 2 aromatic carbocycles. The zero-order valence-corrected chi connectivity index (χ0v) is 11.2. The summed E-state index contributed by atoms with van der Waals surface area (Å²) in [4.78, 5) is 26.0. The lowest BCUT2D eigenvalue weighted by molar-refractivity contribution is -0.115. The molecule has 4 N–H and O–H groups in total. The van der Waals surface area contributed by atoms with Gasteiger partial charge in [0.05, 0.1) is 22.6 Å². The van der Waals surface area contributed by atoms with Gasteiger partial charge in [0.1, 0.15) is 6.54 Å². The van der Waals surface area contributed by atoms with E-state index >= 15 is 0 Å². The number of carbonyl (C=O) groups excluding carboxylic acids is 2. The smallest absolute Gasteiger partial charge is 0.260 e. The number of nitrogens with two attached hydrogens (primary N) is 1. The fraction of sp³-hybridized carbons (Fsp3) is 0.0667. The molecule has 2 aromatic rings. The molecule has 1 aliphatic heterocycles. The number of carbonyl (C=O) groups is 2. The van der Waals surface area contributed by atoms with Gasteiger partial charge in [0.25, 0.3) is 5.91 Å². The van der Waals surface area contributed by atoms with E-state index in [9.17, 15) is 9.59 Å². The topological polar surface area (TPSA) is 87.5 Å². The average molecular weight is 282 g/mol. The molecule has 106 valence electrons. The van der Waals surface area contributed by atoms with E-state index < -0.39 is 0 Å². The van der Waals surface area contributed by atoms with E-state index in [-0.39, 0.29) is 18.4 Å². The molecule has 0 aliphatic carbocycles. The van der Waals surface area contributed by atoms with Gasteiger partial charge in [0, 0.05) is 0 Å². The molecule has 0 unspecified atom stereocenters. The van der Waals surface area contributed by atoms with Gasteiger partial charge in [-0.05, 0) is 24.3 Å². The molecule has 0 saturated carbocycles. The summed E-state index contributed by atoms with van der Waals surface area (Å²) in [7, 11) is 0. The molecule has 0 radical (unpaired) electrons. The summed E-state index contributed by atoms with van der Waals surface area (Å²) < 4.78 is 0. The second kappa shape index (κ2) is 5.26. The lowest BCUT2D eigenvalue weighted by Crippen LogP contribution is -2.42. The highest BCUT2D eigenvalue weighted by atomic mass is 16.2. The van der Waals surface area contributed by atoms with Gasteiger partial charge in [-0.25, -0.2) is 0 Å². The Hall–Kier alpha value is -2.86. The van der Waals surface area contributed by atoms with Gasteiger partial charge in [-0.1, -0.05) is 24.3 Å². The van der Waals surface area contributed by atoms with Crippen molar-refractivity contribution in [1.29, 1.82) is 0 Å². The van der Waals surface area contributed by atoms with E-state index in [4.69, 9.17) is 5.84 Å². The molecular weight excluding hydrogens is 268 g/mol. The summed E-state index contributed by atoms with van der Waals surface area (Å²) >= 11 is 0. The third kappa shape index (κ3) is 2.32. The standard InChI is InChI=1S/C15H14N4O2/c16-18-11-6-2-1-5-10(11)15(21)19-9-14(20)17-12-7-3-4-8-13(12)19/h1-8,18H,9,16H2,(H,17,20). The summed E-state index contributed by atoms with van der Waals surface area (Å²) in [5, 5.41) is 2.75. The average Bonchev–Trinajstić information content (AvgIpc) is 2.53. The van der Waals surface area contributed by atoms with Crippen molar-refractivity contribution in [2.24, 2.45) is 5.84 Å². The number of anilines is 3. The molecular formula is C15H14N4O2. The van der Waals surface area contributed by atoms with E-state index in [0.717, 1.165) is 0 Å². The molecule has 6 heteroatoms. The highest BCUT2D eigenvalue weighted by molar-refractivity contribution is 6.16. The summed E-state index contributed by atoms with van der Waals surface area (Å²) in [5.74, 6) is 4.95. The van der Waals surface area contributed by atoms with Gasteiger partial charge in [-0.3, -0.25) is 20.3 Å². The maximum atomic E-state index is 12.7. The monoisotopic (exact) mass is 282 g/mol. The highest BCUT2D eigenvalue weighted by Crippen LogP contribution is 2.31. The summed E-state index contributed by atoms with van der Waals surface area (Å²) in [6, 6.07) is 14.1. The molecule has 0 spiro atoms. The van der Waals surface area contributed by atoms with Crippen molar-refractivity contribution in [3.8, 4) is 0 Å². The Kier molecular flexibility index (Phi) is 3.29. The molecule has 0 atom stereocenters. The number of amides is 2. The van der Waals surface area contributed by atoms with Crippen LogP contribution in [0, 0.1) is 0 Å². The van der Waals surface area contributed by atoms with Crippen LogP contribution < -0.4 is 21.5 Å². The SMILES string of the molecule is NNc1ccccc1C(=O)N1CC(=O)Nc2ccccc21. The van der Waals surface area contributed by atoms with E-state index in [2.05, 4.69) is 10.7 Å². The number of fused-ring (bicyclic) bond motifs is 1. The van der Waals surface area contributed by atoms with Crippen LogP contribution in [0.5, 0.6) is 0 Å². The van der Waals surface area contributed by atoms with E-state index in [1.54, 1.807) is 36.4 Å². The molecule has 3 rings (SSSR count). The molecule has 0 fully saturated rings. The van der Waals surface area contributed by atoms with Gasteiger partial charge in [0.15, 0.2) is 0 Å². The number of hydrogen-bond acceptors (Lipinski definition) is 4. The van der Waals surface area contributed by atoms with Crippen molar-refractivity contribution in [2.75, 3.05) is 22.2 Å². The van der Waals surface area contributed by atoms with Gasteiger partial charge in [-0.2, -0.15) is 0 Å². The lowest BCUT2D eigenvalue weighted by atomic mass is 10.1. The lowest BCUT2D eigenvalue weighted by Gasteiger charge is -2.29. The number of nitrogens with zero attached hydrogens (tertiary/aromatic N) is 1. The Balaban J connectivity index is 2.04. The van der Waals surface area contributed by atoms with Gasteiger partial charge < -0.3 is 10.7 Å². The number of hydrazine groups is 1. The van der Waals surface area contributed by atoms with Crippen LogP contribution in [-0.4, -0.2) is 18.4 Å². The molecule has 0 bridgehead atoms. The van der Waals surface area contributed by atoms with Gasteiger partial charge in [0.2, 0.25) is 5.91 Å². The maximum Gasteiger partial charge on any atom is 0.260 e. The minimum Gasteiger partial charge on any atom is -0.323 e. The molecule has 6 nitrogen and oxygen atoms in total. The minimum absolute atomic E-state index is 0.0191. The third-order valence-corrected chi connectivity index (χ3v) is 3.33. The van der Waals surface area contributed by atoms with Crippen molar-refractivity contribution < 1.29 is 9.59 Å². The van der Waals surface area contributed by atoms with Gasteiger partial charge >= 0.3 is 0 Å². The van der Waals surface area contributed by atoms with E-state index in [1.165, 1.54) is 4.90 Å². The number of para-hydroxylation sites is 3. The van der Waals surface area contributed by atoms with Crippen molar-refractivity contribution in [2.45, 2.75) is 0 Å². The zero-order valence-electron chi connectivity index (χ0n) is 11.2. The molecule has 0 aromatic heterocycles. The Bertz CT molecular complexity index is 714. The largest absolute Gasteiger partial charge is 0.323 e. The first-order valence-corrected chi connectivity index (χ1v) is 6.47. The van der Waals surface area contributed by atoms with Crippen LogP contribution in [-0.2, 0) is 4.79 Å². The maximum absolute atomic E-state index is 12.7. The van der Waals surface area contributed by atoms with Crippen LogP contribution in [0.4, 0.5) is 17.1 Å². The minimum atomic E-state index is -0.272. The van der Waals surface area contributed by atoms with E-state index in [0.29, 0.717) is 22.6 Å². The Morgan fingerprint density at radius 2 is 1.86 bits per heavy atom. The van der Waals surface area contributed by atoms with Crippen LogP contribution in [0.2, 0.25) is 0 Å². The highest BCUT2D eigenvalue weighted by Gasteiger charge is 2.28. The van der Waals surface area contributed by atoms with Gasteiger partial charge in [-0.15, -0.1) is 0 Å². The molecule has 0 saturated heterocycles. The Morgan fingerprint density at radius 1 is 1.14 bits per heavy atom. The summed E-state index contributed by atoms with van der Waals surface area (Å²) in [5.41, 5.74) is 4.74. The predicted octanol–water partition coefficient (Wildman–Crippen LogP) is 1.57. The predicted molar refractivity (Wildman–Crippen MR) is 81.0 cm³/mol. The first-order valence-electron chi connectivity index (χ1n) is 6.47. The second-order valence-electron chi connectivity index (χ2n) is 4.65. The number of nitrogens with one attached hydrogen (secondary N) is 2.